The van der Waals surface area contributed by atoms with Crippen LogP contribution < -0.4 is 5.32 Å². The molecule has 0 aliphatic heterocycles. The van der Waals surface area contributed by atoms with Crippen molar-refractivity contribution >= 4 is 23.4 Å². The van der Waals surface area contributed by atoms with Crippen LogP contribution in [-0.2, 0) is 22.6 Å². The van der Waals surface area contributed by atoms with Crippen molar-refractivity contribution in [2.24, 2.45) is 0 Å². The molecule has 0 aromatic heterocycles. The number of rotatable bonds is 6. The number of aryl methyl sites for hydroxylation is 2. The fraction of sp³-hybridized carbons (Fsp3) is 0.333. The van der Waals surface area contributed by atoms with Crippen LogP contribution in [0.15, 0.2) is 42.5 Å². The van der Waals surface area contributed by atoms with Crippen molar-refractivity contribution in [3.05, 3.63) is 69.7 Å². The SMILES string of the molecule is CNC(=O)[C@@H](C)N(Cc1ccc(Cl)cc1)C(=O)Cc1cc(C)ccc1C. The summed E-state index contributed by atoms with van der Waals surface area (Å²) in [4.78, 5) is 26.8. The topological polar surface area (TPSA) is 49.4 Å². The van der Waals surface area contributed by atoms with Gasteiger partial charge in [0.1, 0.15) is 6.04 Å². The third kappa shape index (κ3) is 5.09. The Morgan fingerprint density at radius 2 is 1.77 bits per heavy atom. The maximum atomic E-state index is 13.0. The number of likely N-dealkylation sites (N-methyl/N-ethyl adjacent to an activating group) is 1. The summed E-state index contributed by atoms with van der Waals surface area (Å²) in [5, 5.41) is 3.27. The number of amides is 2. The van der Waals surface area contributed by atoms with Crippen LogP contribution >= 0.6 is 11.6 Å². The van der Waals surface area contributed by atoms with Crippen LogP contribution in [0.3, 0.4) is 0 Å². The number of benzene rings is 2. The van der Waals surface area contributed by atoms with Gasteiger partial charge in [-0.3, -0.25) is 9.59 Å². The average molecular weight is 373 g/mol. The van der Waals surface area contributed by atoms with Crippen LogP contribution in [0.4, 0.5) is 0 Å². The fourth-order valence-corrected chi connectivity index (χ4v) is 2.96. The van der Waals surface area contributed by atoms with Gasteiger partial charge >= 0.3 is 0 Å². The molecule has 0 unspecified atom stereocenters. The highest BCUT2D eigenvalue weighted by Gasteiger charge is 2.25. The number of halogens is 1. The van der Waals surface area contributed by atoms with E-state index in [1.54, 1.807) is 31.0 Å². The first-order valence-corrected chi connectivity index (χ1v) is 9.01. The van der Waals surface area contributed by atoms with Gasteiger partial charge in [0.05, 0.1) is 6.42 Å². The van der Waals surface area contributed by atoms with Crippen molar-refractivity contribution in [2.75, 3.05) is 7.05 Å². The smallest absolute Gasteiger partial charge is 0.242 e. The van der Waals surface area contributed by atoms with Gasteiger partial charge in [-0.15, -0.1) is 0 Å². The van der Waals surface area contributed by atoms with E-state index in [4.69, 9.17) is 11.6 Å². The molecule has 0 aliphatic rings. The van der Waals surface area contributed by atoms with Crippen LogP contribution in [0.1, 0.15) is 29.2 Å². The summed E-state index contributed by atoms with van der Waals surface area (Å²) in [6.45, 7) is 6.10. The summed E-state index contributed by atoms with van der Waals surface area (Å²) in [7, 11) is 1.58. The number of hydrogen-bond donors (Lipinski definition) is 1. The summed E-state index contributed by atoms with van der Waals surface area (Å²) in [5.41, 5.74) is 4.10. The molecule has 26 heavy (non-hydrogen) atoms. The Bertz CT molecular complexity index is 787. The summed E-state index contributed by atoms with van der Waals surface area (Å²) in [6.07, 6.45) is 0.266. The second kappa shape index (κ2) is 8.86. The van der Waals surface area contributed by atoms with Gasteiger partial charge in [-0.05, 0) is 49.6 Å². The predicted octanol–water partition coefficient (Wildman–Crippen LogP) is 3.66. The molecule has 0 saturated heterocycles. The summed E-state index contributed by atoms with van der Waals surface area (Å²) >= 11 is 5.94. The van der Waals surface area contributed by atoms with Crippen LogP contribution in [0.2, 0.25) is 5.02 Å². The lowest BCUT2D eigenvalue weighted by Crippen LogP contribution is -2.47. The third-order valence-electron chi connectivity index (χ3n) is 4.53. The van der Waals surface area contributed by atoms with Gasteiger partial charge in [0.15, 0.2) is 0 Å². The van der Waals surface area contributed by atoms with Crippen molar-refractivity contribution in [1.29, 1.82) is 0 Å². The number of hydrogen-bond acceptors (Lipinski definition) is 2. The number of carbonyl (C=O) groups is 2. The first kappa shape index (κ1) is 20.0. The molecule has 0 heterocycles. The highest BCUT2D eigenvalue weighted by molar-refractivity contribution is 6.30. The molecule has 0 radical (unpaired) electrons. The van der Waals surface area contributed by atoms with Crippen molar-refractivity contribution in [3.63, 3.8) is 0 Å². The molecule has 5 heteroatoms. The normalized spacial score (nSPS) is 11.7. The van der Waals surface area contributed by atoms with Gasteiger partial charge in [0.2, 0.25) is 11.8 Å². The quantitative estimate of drug-likeness (QED) is 0.841. The van der Waals surface area contributed by atoms with Crippen LogP contribution in [0, 0.1) is 13.8 Å². The van der Waals surface area contributed by atoms with E-state index in [0.29, 0.717) is 11.6 Å². The molecule has 2 aromatic carbocycles. The minimum atomic E-state index is -0.562. The maximum Gasteiger partial charge on any atom is 0.242 e. The van der Waals surface area contributed by atoms with Crippen molar-refractivity contribution in [3.8, 4) is 0 Å². The molecule has 0 saturated carbocycles. The van der Waals surface area contributed by atoms with Crippen LogP contribution in [-0.4, -0.2) is 29.8 Å². The molecule has 0 aliphatic carbocycles. The van der Waals surface area contributed by atoms with E-state index in [9.17, 15) is 9.59 Å². The Kier molecular flexibility index (Phi) is 6.81. The molecular weight excluding hydrogens is 348 g/mol. The monoisotopic (exact) mass is 372 g/mol. The van der Waals surface area contributed by atoms with Gasteiger partial charge in [0, 0.05) is 18.6 Å². The van der Waals surface area contributed by atoms with Crippen molar-refractivity contribution in [1.82, 2.24) is 10.2 Å². The molecule has 1 atom stereocenters. The van der Waals surface area contributed by atoms with Gasteiger partial charge in [-0.1, -0.05) is 47.5 Å². The maximum absolute atomic E-state index is 13.0. The molecule has 2 rings (SSSR count). The molecule has 2 amide bonds. The lowest BCUT2D eigenvalue weighted by molar-refractivity contribution is -0.139. The molecule has 1 N–H and O–H groups in total. The largest absolute Gasteiger partial charge is 0.357 e. The number of nitrogens with zero attached hydrogens (tertiary/aromatic N) is 1. The van der Waals surface area contributed by atoms with E-state index < -0.39 is 6.04 Å². The Morgan fingerprint density at radius 3 is 2.38 bits per heavy atom. The number of carbonyl (C=O) groups excluding carboxylic acids is 2. The van der Waals surface area contributed by atoms with E-state index in [1.807, 2.05) is 44.2 Å². The zero-order valence-electron chi connectivity index (χ0n) is 15.7. The molecule has 0 spiro atoms. The van der Waals surface area contributed by atoms with E-state index >= 15 is 0 Å². The van der Waals surface area contributed by atoms with Gasteiger partial charge in [0.25, 0.3) is 0 Å². The Labute approximate surface area is 160 Å². The summed E-state index contributed by atoms with van der Waals surface area (Å²) in [6, 6.07) is 12.8. The van der Waals surface area contributed by atoms with Crippen LogP contribution in [0.25, 0.3) is 0 Å². The first-order valence-electron chi connectivity index (χ1n) is 8.63. The van der Waals surface area contributed by atoms with E-state index in [-0.39, 0.29) is 18.2 Å². The average Bonchev–Trinajstić information content (AvgIpc) is 2.62. The molecule has 0 bridgehead atoms. The lowest BCUT2D eigenvalue weighted by atomic mass is 10.0. The minimum absolute atomic E-state index is 0.0789. The first-order chi connectivity index (χ1) is 12.3. The molecule has 0 fully saturated rings. The van der Waals surface area contributed by atoms with Gasteiger partial charge < -0.3 is 10.2 Å². The van der Waals surface area contributed by atoms with Crippen molar-refractivity contribution < 1.29 is 9.59 Å². The lowest BCUT2D eigenvalue weighted by Gasteiger charge is -2.28. The summed E-state index contributed by atoms with van der Waals surface area (Å²) < 4.78 is 0. The number of nitrogens with one attached hydrogen (secondary N) is 1. The zero-order chi connectivity index (χ0) is 19.3. The Balaban J connectivity index is 2.26. The van der Waals surface area contributed by atoms with Crippen LogP contribution in [0.5, 0.6) is 0 Å². The zero-order valence-corrected chi connectivity index (χ0v) is 16.4. The molecule has 138 valence electrons. The standard InChI is InChI=1S/C21H25ClN2O2/c1-14-5-6-15(2)18(11-14)12-20(25)24(16(3)21(26)23-4)13-17-7-9-19(22)10-8-17/h5-11,16H,12-13H2,1-4H3,(H,23,26)/t16-/m1/s1. The van der Waals surface area contributed by atoms with Crippen molar-refractivity contribution in [2.45, 2.75) is 39.8 Å². The predicted molar refractivity (Wildman–Crippen MR) is 105 cm³/mol. The van der Waals surface area contributed by atoms with E-state index in [0.717, 1.165) is 22.3 Å². The fourth-order valence-electron chi connectivity index (χ4n) is 2.83. The second-order valence-corrected chi connectivity index (χ2v) is 6.98. The summed E-state index contributed by atoms with van der Waals surface area (Å²) in [5.74, 6) is -0.266. The molecular formula is C21H25ClN2O2. The minimum Gasteiger partial charge on any atom is -0.357 e. The Hall–Kier alpha value is -2.33. The Morgan fingerprint density at radius 1 is 1.12 bits per heavy atom. The molecule has 4 nitrogen and oxygen atoms in total. The molecule has 2 aromatic rings. The highest BCUT2D eigenvalue weighted by Crippen LogP contribution is 2.17. The van der Waals surface area contributed by atoms with Gasteiger partial charge in [-0.2, -0.15) is 0 Å². The highest BCUT2D eigenvalue weighted by atomic mass is 35.5. The van der Waals surface area contributed by atoms with E-state index in [2.05, 4.69) is 5.32 Å². The second-order valence-electron chi connectivity index (χ2n) is 6.55. The van der Waals surface area contributed by atoms with E-state index in [1.165, 1.54) is 0 Å². The van der Waals surface area contributed by atoms with Gasteiger partial charge in [-0.25, -0.2) is 0 Å². The third-order valence-corrected chi connectivity index (χ3v) is 4.78.